The maximum absolute atomic E-state index is 13.4. The Morgan fingerprint density at radius 3 is 2.72 bits per heavy atom. The van der Waals surface area contributed by atoms with Crippen molar-refractivity contribution in [3.63, 3.8) is 0 Å². The number of pyridine rings is 2. The summed E-state index contributed by atoms with van der Waals surface area (Å²) in [5.41, 5.74) is 3.85. The number of nitrogens with zero attached hydrogens (tertiary/aromatic N) is 5. The lowest BCUT2D eigenvalue weighted by molar-refractivity contribution is -0.115. The highest BCUT2D eigenvalue weighted by atomic mass is 19.1. The van der Waals surface area contributed by atoms with Gasteiger partial charge in [0.15, 0.2) is 0 Å². The molecule has 2 amide bonds. The van der Waals surface area contributed by atoms with E-state index in [9.17, 15) is 14.0 Å². The quantitative estimate of drug-likeness (QED) is 0.633. The lowest BCUT2D eigenvalue weighted by Gasteiger charge is -2.30. The molecule has 1 N–H and O–H groups in total. The Labute approximate surface area is 185 Å². The molecule has 0 radical (unpaired) electrons. The lowest BCUT2D eigenvalue weighted by Crippen LogP contribution is -2.39. The van der Waals surface area contributed by atoms with Crippen LogP contribution in [0.2, 0.25) is 0 Å². The molecule has 0 aliphatic carbocycles. The van der Waals surface area contributed by atoms with E-state index in [1.807, 2.05) is 32.9 Å². The molecule has 4 heterocycles. The number of alkyl halides is 1. The van der Waals surface area contributed by atoms with Gasteiger partial charge < -0.3 is 5.32 Å². The molecule has 1 aliphatic heterocycles. The second kappa shape index (κ2) is 8.14. The molecule has 0 fully saturated rings. The topological polar surface area (TPSA) is 93.0 Å². The van der Waals surface area contributed by atoms with Crippen molar-refractivity contribution in [3.8, 4) is 11.3 Å². The SMILES string of the molecule is CCC(=O)Nc1cncc(-c2cc(C)c3c(n2)C(C)(C)N(c2cnn(CCF)c2)C3=O)c1. The normalized spacial score (nSPS) is 14.5. The summed E-state index contributed by atoms with van der Waals surface area (Å²) in [5.74, 6) is -0.263. The Balaban J connectivity index is 1.75. The summed E-state index contributed by atoms with van der Waals surface area (Å²) in [6.07, 6.45) is 6.88. The van der Waals surface area contributed by atoms with E-state index >= 15 is 0 Å². The number of carbonyl (C=O) groups is 2. The van der Waals surface area contributed by atoms with Gasteiger partial charge in [-0.05, 0) is 38.5 Å². The molecule has 0 atom stereocenters. The minimum absolute atomic E-state index is 0.0993. The minimum Gasteiger partial charge on any atom is -0.325 e. The molecule has 0 spiro atoms. The molecule has 166 valence electrons. The molecule has 1 aliphatic rings. The largest absolute Gasteiger partial charge is 0.325 e. The Morgan fingerprint density at radius 2 is 2.00 bits per heavy atom. The van der Waals surface area contributed by atoms with E-state index in [-0.39, 0.29) is 18.4 Å². The fourth-order valence-electron chi connectivity index (χ4n) is 4.02. The monoisotopic (exact) mass is 436 g/mol. The number of hydrogen-bond acceptors (Lipinski definition) is 5. The fourth-order valence-corrected chi connectivity index (χ4v) is 4.02. The van der Waals surface area contributed by atoms with Gasteiger partial charge in [-0.25, -0.2) is 9.37 Å². The number of aromatic nitrogens is 4. The third-order valence-corrected chi connectivity index (χ3v) is 5.60. The molecule has 3 aromatic rings. The van der Waals surface area contributed by atoms with E-state index in [1.165, 1.54) is 4.68 Å². The predicted molar refractivity (Wildman–Crippen MR) is 119 cm³/mol. The molecule has 4 rings (SSSR count). The highest BCUT2D eigenvalue weighted by Gasteiger charge is 2.47. The Kier molecular flexibility index (Phi) is 5.50. The fraction of sp³-hybridized carbons (Fsp3) is 0.348. The van der Waals surface area contributed by atoms with Gasteiger partial charge in [-0.1, -0.05) is 6.92 Å². The van der Waals surface area contributed by atoms with Gasteiger partial charge in [-0.15, -0.1) is 0 Å². The van der Waals surface area contributed by atoms with Crippen LogP contribution >= 0.6 is 0 Å². The van der Waals surface area contributed by atoms with Crippen molar-refractivity contribution in [2.75, 3.05) is 16.9 Å². The van der Waals surface area contributed by atoms with Crippen molar-refractivity contribution < 1.29 is 14.0 Å². The van der Waals surface area contributed by atoms with Crippen LogP contribution in [-0.2, 0) is 16.9 Å². The summed E-state index contributed by atoms with van der Waals surface area (Å²) < 4.78 is 14.2. The molecule has 3 aromatic heterocycles. The van der Waals surface area contributed by atoms with Gasteiger partial charge in [-0.2, -0.15) is 5.10 Å². The average Bonchev–Trinajstić information content (AvgIpc) is 3.28. The van der Waals surface area contributed by atoms with Gasteiger partial charge in [0.1, 0.15) is 6.67 Å². The van der Waals surface area contributed by atoms with Gasteiger partial charge in [0.2, 0.25) is 5.91 Å². The van der Waals surface area contributed by atoms with Gasteiger partial charge in [0, 0.05) is 24.4 Å². The number of aryl methyl sites for hydroxylation is 2. The van der Waals surface area contributed by atoms with Crippen molar-refractivity contribution in [3.05, 3.63) is 53.7 Å². The second-order valence-corrected chi connectivity index (χ2v) is 8.26. The van der Waals surface area contributed by atoms with Crippen LogP contribution in [0.4, 0.5) is 15.8 Å². The summed E-state index contributed by atoms with van der Waals surface area (Å²) in [6.45, 7) is 7.11. The van der Waals surface area contributed by atoms with Crippen LogP contribution < -0.4 is 10.2 Å². The summed E-state index contributed by atoms with van der Waals surface area (Å²) in [4.78, 5) is 35.8. The Morgan fingerprint density at radius 1 is 1.22 bits per heavy atom. The highest BCUT2D eigenvalue weighted by molar-refractivity contribution is 6.12. The Hall–Kier alpha value is -3.62. The number of fused-ring (bicyclic) bond motifs is 1. The summed E-state index contributed by atoms with van der Waals surface area (Å²) in [6, 6.07) is 3.67. The first-order valence-corrected chi connectivity index (χ1v) is 10.5. The second-order valence-electron chi connectivity index (χ2n) is 8.26. The molecule has 8 nitrogen and oxygen atoms in total. The number of carbonyl (C=O) groups excluding carboxylic acids is 2. The van der Waals surface area contributed by atoms with Crippen LogP contribution in [0.1, 0.15) is 48.8 Å². The van der Waals surface area contributed by atoms with Crippen molar-refractivity contribution >= 4 is 23.2 Å². The number of halogens is 1. The number of amides is 2. The van der Waals surface area contributed by atoms with Gasteiger partial charge in [-0.3, -0.25) is 24.2 Å². The third kappa shape index (κ3) is 3.63. The van der Waals surface area contributed by atoms with Crippen molar-refractivity contribution in [1.82, 2.24) is 19.7 Å². The van der Waals surface area contributed by atoms with Crippen LogP contribution in [0.15, 0.2) is 36.9 Å². The summed E-state index contributed by atoms with van der Waals surface area (Å²) in [5, 5.41) is 6.97. The van der Waals surface area contributed by atoms with E-state index in [2.05, 4.69) is 15.4 Å². The molecule has 0 aromatic carbocycles. The summed E-state index contributed by atoms with van der Waals surface area (Å²) >= 11 is 0. The number of hydrogen-bond donors (Lipinski definition) is 1. The first kappa shape index (κ1) is 21.6. The molecule has 0 saturated carbocycles. The Bertz CT molecular complexity index is 1200. The van der Waals surface area contributed by atoms with Gasteiger partial charge in [0.25, 0.3) is 5.91 Å². The van der Waals surface area contributed by atoms with E-state index in [0.29, 0.717) is 34.7 Å². The molecule has 0 bridgehead atoms. The van der Waals surface area contributed by atoms with Crippen LogP contribution in [0.25, 0.3) is 11.3 Å². The zero-order valence-electron chi connectivity index (χ0n) is 18.5. The number of anilines is 2. The third-order valence-electron chi connectivity index (χ3n) is 5.60. The number of rotatable bonds is 6. The maximum Gasteiger partial charge on any atom is 0.261 e. The zero-order chi connectivity index (χ0) is 23.0. The van der Waals surface area contributed by atoms with Crippen molar-refractivity contribution in [1.29, 1.82) is 0 Å². The first-order valence-electron chi connectivity index (χ1n) is 10.5. The zero-order valence-corrected chi connectivity index (χ0v) is 18.5. The van der Waals surface area contributed by atoms with E-state index in [4.69, 9.17) is 4.98 Å². The minimum atomic E-state index is -0.738. The molecule has 32 heavy (non-hydrogen) atoms. The molecule has 0 saturated heterocycles. The molecular weight excluding hydrogens is 411 g/mol. The van der Waals surface area contributed by atoms with Crippen LogP contribution in [0.5, 0.6) is 0 Å². The number of nitrogens with one attached hydrogen (secondary N) is 1. The van der Waals surface area contributed by atoms with Crippen molar-refractivity contribution in [2.24, 2.45) is 0 Å². The predicted octanol–water partition coefficient (Wildman–Crippen LogP) is 3.86. The van der Waals surface area contributed by atoms with Crippen LogP contribution in [0.3, 0.4) is 0 Å². The highest BCUT2D eigenvalue weighted by Crippen LogP contribution is 2.43. The standard InChI is InChI=1S/C23H25FN6O2/c1-5-19(31)27-16-9-15(10-25-11-16)18-8-14(2)20-21(28-18)23(3,4)30(22(20)32)17-12-26-29(13-17)7-6-24/h8-13H,5-7H2,1-4H3,(H,27,31). The van der Waals surface area contributed by atoms with Crippen LogP contribution in [0, 0.1) is 6.92 Å². The van der Waals surface area contributed by atoms with E-state index in [0.717, 1.165) is 11.1 Å². The van der Waals surface area contributed by atoms with E-state index < -0.39 is 12.2 Å². The first-order chi connectivity index (χ1) is 15.3. The molecular formula is C23H25FN6O2. The van der Waals surface area contributed by atoms with Gasteiger partial charge >= 0.3 is 0 Å². The smallest absolute Gasteiger partial charge is 0.261 e. The lowest BCUT2D eigenvalue weighted by atomic mass is 9.96. The average molecular weight is 436 g/mol. The van der Waals surface area contributed by atoms with Gasteiger partial charge in [0.05, 0.1) is 52.8 Å². The molecule has 0 unspecified atom stereocenters. The molecule has 9 heteroatoms. The van der Waals surface area contributed by atoms with E-state index in [1.54, 1.807) is 36.6 Å². The maximum atomic E-state index is 13.4. The van der Waals surface area contributed by atoms with Crippen molar-refractivity contribution in [2.45, 2.75) is 46.2 Å². The van der Waals surface area contributed by atoms with Crippen LogP contribution in [-0.4, -0.2) is 38.2 Å². The summed E-state index contributed by atoms with van der Waals surface area (Å²) in [7, 11) is 0.